The van der Waals surface area contributed by atoms with E-state index in [9.17, 15) is 5.11 Å². The maximum absolute atomic E-state index is 10.1. The van der Waals surface area contributed by atoms with Gasteiger partial charge in [0.1, 0.15) is 6.10 Å². The molecule has 1 fully saturated rings. The summed E-state index contributed by atoms with van der Waals surface area (Å²) in [6.07, 6.45) is 0.246. The van der Waals surface area contributed by atoms with Gasteiger partial charge in [0.2, 0.25) is 0 Å². The van der Waals surface area contributed by atoms with Gasteiger partial charge < -0.3 is 14.5 Å². The van der Waals surface area contributed by atoms with Crippen LogP contribution in [0.25, 0.3) is 0 Å². The third kappa shape index (κ3) is 3.16. The first-order valence-corrected chi connectivity index (χ1v) is 6.38. The summed E-state index contributed by atoms with van der Waals surface area (Å²) in [7, 11) is 2.60. The maximum Gasteiger partial charge on any atom is 0.312 e. The van der Waals surface area contributed by atoms with E-state index in [4.69, 9.17) is 9.39 Å². The molecule has 1 aliphatic rings. The fraction of sp³-hybridized carbons (Fsp3) is 1.00. The van der Waals surface area contributed by atoms with Crippen LogP contribution in [0.3, 0.4) is 0 Å². The molecule has 0 aliphatic carbocycles. The Kier molecular flexibility index (Phi) is 5.04. The Labute approximate surface area is 95.2 Å². The van der Waals surface area contributed by atoms with Crippen molar-refractivity contribution >= 4 is 15.8 Å². The molecule has 0 amide bonds. The Morgan fingerprint density at radius 1 is 1.47 bits per heavy atom. The standard InChI is InChI=1S/C10H22BO3P/c1-5-8-9(12)10(14-11(4)15)6(2)7(3)13-8/h6-10,12H,5,15H2,1-4H3/t6?,7-,8?,9-,10-/m1/s1. The van der Waals surface area contributed by atoms with E-state index < -0.39 is 6.10 Å². The minimum atomic E-state index is -0.510. The van der Waals surface area contributed by atoms with Crippen molar-refractivity contribution in [1.29, 1.82) is 0 Å². The molecule has 1 heterocycles. The molecule has 88 valence electrons. The van der Waals surface area contributed by atoms with Gasteiger partial charge in [-0.25, -0.2) is 0 Å². The molecule has 15 heavy (non-hydrogen) atoms. The van der Waals surface area contributed by atoms with E-state index in [1.807, 2.05) is 20.7 Å². The molecule has 1 rings (SSSR count). The van der Waals surface area contributed by atoms with Gasteiger partial charge in [0.05, 0.1) is 18.3 Å². The van der Waals surface area contributed by atoms with Crippen molar-refractivity contribution in [2.24, 2.45) is 5.92 Å². The van der Waals surface area contributed by atoms with Gasteiger partial charge in [-0.15, -0.1) is 9.12 Å². The number of hydrogen-bond acceptors (Lipinski definition) is 3. The molecule has 6 atom stereocenters. The fourth-order valence-corrected chi connectivity index (χ4v) is 2.24. The van der Waals surface area contributed by atoms with Gasteiger partial charge >= 0.3 is 6.64 Å². The van der Waals surface area contributed by atoms with Crippen LogP contribution in [-0.2, 0) is 9.39 Å². The molecule has 0 aromatic rings. The molecule has 0 aromatic carbocycles. The molecular weight excluding hydrogens is 210 g/mol. The SMILES string of the molecule is CCC1O[C@H](C)C(C)[C@@H](OB(C)P)[C@@H]1O. The summed E-state index contributed by atoms with van der Waals surface area (Å²) in [6.45, 7) is 8.17. The molecule has 0 bridgehead atoms. The van der Waals surface area contributed by atoms with Crippen LogP contribution in [0.4, 0.5) is 0 Å². The second-order valence-corrected chi connectivity index (χ2v) is 5.38. The number of rotatable bonds is 3. The fourth-order valence-electron chi connectivity index (χ4n) is 2.06. The predicted molar refractivity (Wildman–Crippen MR) is 66.0 cm³/mol. The molecule has 0 spiro atoms. The molecule has 1 N–H and O–H groups in total. The topological polar surface area (TPSA) is 38.7 Å². The molecule has 0 aromatic heterocycles. The Bertz CT molecular complexity index is 203. The summed E-state index contributed by atoms with van der Waals surface area (Å²) < 4.78 is 11.5. The van der Waals surface area contributed by atoms with Gasteiger partial charge in [0.15, 0.2) is 0 Å². The van der Waals surface area contributed by atoms with Crippen LogP contribution in [0.5, 0.6) is 0 Å². The average Bonchev–Trinajstić information content (AvgIpc) is 2.18. The lowest BCUT2D eigenvalue weighted by molar-refractivity contribution is -0.184. The minimum absolute atomic E-state index is 0.0647. The van der Waals surface area contributed by atoms with Crippen molar-refractivity contribution in [3.05, 3.63) is 0 Å². The summed E-state index contributed by atoms with van der Waals surface area (Å²) >= 11 is 0. The zero-order valence-corrected chi connectivity index (χ0v) is 11.2. The van der Waals surface area contributed by atoms with Crippen LogP contribution < -0.4 is 0 Å². The van der Waals surface area contributed by atoms with Gasteiger partial charge in [0.25, 0.3) is 0 Å². The van der Waals surface area contributed by atoms with E-state index in [2.05, 4.69) is 16.0 Å². The first-order valence-electron chi connectivity index (χ1n) is 5.72. The number of aliphatic hydroxyl groups is 1. The van der Waals surface area contributed by atoms with E-state index in [-0.39, 0.29) is 30.9 Å². The van der Waals surface area contributed by atoms with E-state index in [1.165, 1.54) is 0 Å². The highest BCUT2D eigenvalue weighted by Gasteiger charge is 2.41. The molecular formula is C10H22BO3P. The normalized spacial score (nSPS) is 41.6. The molecule has 1 aliphatic heterocycles. The molecule has 3 nitrogen and oxygen atoms in total. The summed E-state index contributed by atoms with van der Waals surface area (Å²) in [5.74, 6) is 0.228. The zero-order chi connectivity index (χ0) is 11.6. The highest BCUT2D eigenvalue weighted by Crippen LogP contribution is 2.30. The first-order chi connectivity index (χ1) is 6.97. The lowest BCUT2D eigenvalue weighted by Gasteiger charge is -2.43. The number of aliphatic hydroxyl groups excluding tert-OH is 1. The first kappa shape index (κ1) is 13.4. The quantitative estimate of drug-likeness (QED) is 0.592. The van der Waals surface area contributed by atoms with Gasteiger partial charge in [0, 0.05) is 5.92 Å². The number of hydrogen-bond donors (Lipinski definition) is 1. The summed E-state index contributed by atoms with van der Waals surface area (Å²) in [5, 5.41) is 10.1. The smallest absolute Gasteiger partial charge is 0.312 e. The molecule has 1 saturated heterocycles. The lowest BCUT2D eigenvalue weighted by Crippen LogP contribution is -2.54. The molecule has 0 saturated carbocycles. The maximum atomic E-state index is 10.1. The van der Waals surface area contributed by atoms with Crippen LogP contribution in [0.2, 0.25) is 6.82 Å². The van der Waals surface area contributed by atoms with Crippen molar-refractivity contribution in [1.82, 2.24) is 0 Å². The lowest BCUT2D eigenvalue weighted by atomic mass is 9.86. The predicted octanol–water partition coefficient (Wildman–Crippen LogP) is 1.56. The van der Waals surface area contributed by atoms with Crippen LogP contribution in [0, 0.1) is 5.92 Å². The van der Waals surface area contributed by atoms with Gasteiger partial charge in [-0.05, 0) is 13.3 Å². The number of ether oxygens (including phenoxy) is 1. The van der Waals surface area contributed by atoms with E-state index >= 15 is 0 Å². The molecule has 0 radical (unpaired) electrons. The van der Waals surface area contributed by atoms with Gasteiger partial charge in [-0.3, -0.25) is 0 Å². The molecule has 3 unspecified atom stereocenters. The van der Waals surface area contributed by atoms with Crippen molar-refractivity contribution in [3.8, 4) is 0 Å². The molecule has 5 heteroatoms. The zero-order valence-electron chi connectivity index (χ0n) is 10.0. The Hall–Kier alpha value is 0.375. The van der Waals surface area contributed by atoms with Crippen LogP contribution in [0.1, 0.15) is 27.2 Å². The van der Waals surface area contributed by atoms with E-state index in [1.54, 1.807) is 0 Å². The summed E-state index contributed by atoms with van der Waals surface area (Å²) in [5.41, 5.74) is 0. The Balaban J connectivity index is 2.70. The van der Waals surface area contributed by atoms with Gasteiger partial charge in [-0.2, -0.15) is 0 Å². The largest absolute Gasteiger partial charge is 0.426 e. The van der Waals surface area contributed by atoms with Crippen LogP contribution >= 0.6 is 9.12 Å². The van der Waals surface area contributed by atoms with Crippen LogP contribution in [0.15, 0.2) is 0 Å². The van der Waals surface area contributed by atoms with E-state index in [0.29, 0.717) is 0 Å². The second-order valence-electron chi connectivity index (χ2n) is 4.44. The Morgan fingerprint density at radius 3 is 2.53 bits per heavy atom. The average molecular weight is 232 g/mol. The minimum Gasteiger partial charge on any atom is -0.426 e. The highest BCUT2D eigenvalue weighted by atomic mass is 31.0. The highest BCUT2D eigenvalue weighted by molar-refractivity contribution is 7.60. The Morgan fingerprint density at radius 2 is 2.07 bits per heavy atom. The van der Waals surface area contributed by atoms with Crippen molar-refractivity contribution in [2.45, 2.75) is 58.4 Å². The third-order valence-electron chi connectivity index (χ3n) is 3.14. The van der Waals surface area contributed by atoms with Crippen molar-refractivity contribution in [2.75, 3.05) is 0 Å². The third-order valence-corrected chi connectivity index (χ3v) is 3.30. The second kappa shape index (κ2) is 5.63. The summed E-state index contributed by atoms with van der Waals surface area (Å²) in [6, 6.07) is 0. The van der Waals surface area contributed by atoms with Crippen molar-refractivity contribution in [3.63, 3.8) is 0 Å². The van der Waals surface area contributed by atoms with E-state index in [0.717, 1.165) is 6.42 Å². The van der Waals surface area contributed by atoms with Crippen LogP contribution in [-0.4, -0.2) is 36.2 Å². The van der Waals surface area contributed by atoms with Crippen molar-refractivity contribution < 1.29 is 14.5 Å². The monoisotopic (exact) mass is 232 g/mol. The van der Waals surface area contributed by atoms with Gasteiger partial charge in [-0.1, -0.05) is 20.7 Å². The summed E-state index contributed by atoms with van der Waals surface area (Å²) in [4.78, 5) is 0.